The molecule has 26 heavy (non-hydrogen) atoms. The van der Waals surface area contributed by atoms with Crippen LogP contribution in [0.15, 0.2) is 41.2 Å². The quantitative estimate of drug-likeness (QED) is 0.919. The lowest BCUT2D eigenvalue weighted by Crippen LogP contribution is -2.50. The largest absolute Gasteiger partial charge is 0.366 e. The summed E-state index contributed by atoms with van der Waals surface area (Å²) in [5.41, 5.74) is 2.52. The van der Waals surface area contributed by atoms with Crippen LogP contribution < -0.4 is 10.5 Å². The van der Waals surface area contributed by atoms with Crippen molar-refractivity contribution in [1.29, 1.82) is 0 Å². The molecule has 1 aliphatic carbocycles. The van der Waals surface area contributed by atoms with Crippen LogP contribution in [0.5, 0.6) is 0 Å². The Morgan fingerprint density at radius 3 is 2.42 bits per heavy atom. The zero-order valence-corrected chi connectivity index (χ0v) is 15.2. The second kappa shape index (κ2) is 6.27. The summed E-state index contributed by atoms with van der Waals surface area (Å²) in [6, 6.07) is 11.5. The van der Waals surface area contributed by atoms with E-state index < -0.39 is 0 Å². The molecule has 1 saturated heterocycles. The Kier molecular flexibility index (Phi) is 4.05. The molecule has 6 nitrogen and oxygen atoms in total. The smallest absolute Gasteiger partial charge is 0.266 e. The molecule has 1 unspecified atom stereocenters. The van der Waals surface area contributed by atoms with Crippen LogP contribution in [0.3, 0.4) is 0 Å². The Hall–Kier alpha value is -2.63. The van der Waals surface area contributed by atoms with Gasteiger partial charge in [0.1, 0.15) is 5.69 Å². The number of aromatic nitrogens is 2. The fourth-order valence-electron chi connectivity index (χ4n) is 3.72. The van der Waals surface area contributed by atoms with Crippen LogP contribution in [0.25, 0.3) is 11.3 Å². The summed E-state index contributed by atoms with van der Waals surface area (Å²) >= 11 is 0. The summed E-state index contributed by atoms with van der Waals surface area (Å²) in [7, 11) is 0. The molecule has 136 valence electrons. The standard InChI is InChI=1S/C20H24N4O2/c1-20(2)13-15(20)19(26)24-10-8-23(9-11-24)16-12-17(25)21-22-18(16)14-6-4-3-5-7-14/h3-7,12,15H,8-11,13H2,1-2H3,(H,21,25). The molecule has 1 aromatic carbocycles. The third-order valence-electron chi connectivity index (χ3n) is 5.58. The van der Waals surface area contributed by atoms with Crippen LogP contribution in [0.2, 0.25) is 0 Å². The fourth-order valence-corrected chi connectivity index (χ4v) is 3.72. The van der Waals surface area contributed by atoms with Gasteiger partial charge in [0, 0.05) is 43.7 Å². The Morgan fingerprint density at radius 2 is 1.81 bits per heavy atom. The third-order valence-corrected chi connectivity index (χ3v) is 5.58. The first-order chi connectivity index (χ1) is 12.5. The Morgan fingerprint density at radius 1 is 1.15 bits per heavy atom. The number of H-pyrrole nitrogens is 1. The van der Waals surface area contributed by atoms with Gasteiger partial charge < -0.3 is 9.80 Å². The molecule has 6 heteroatoms. The van der Waals surface area contributed by atoms with Gasteiger partial charge >= 0.3 is 0 Å². The summed E-state index contributed by atoms with van der Waals surface area (Å²) < 4.78 is 0. The van der Waals surface area contributed by atoms with Gasteiger partial charge in [-0.15, -0.1) is 0 Å². The molecule has 1 atom stereocenters. The SMILES string of the molecule is CC1(C)CC1C(=O)N1CCN(c2cc(=O)[nH]nc2-c2ccccc2)CC1. The van der Waals surface area contributed by atoms with Gasteiger partial charge in [0.15, 0.2) is 0 Å². The van der Waals surface area contributed by atoms with Crippen LogP contribution in [0.1, 0.15) is 20.3 Å². The molecule has 1 aliphatic heterocycles. The second-order valence-corrected chi connectivity index (χ2v) is 7.89. The maximum atomic E-state index is 12.6. The topological polar surface area (TPSA) is 69.3 Å². The minimum absolute atomic E-state index is 0.158. The van der Waals surface area contributed by atoms with Crippen molar-refractivity contribution in [3.8, 4) is 11.3 Å². The number of benzene rings is 1. The maximum Gasteiger partial charge on any atom is 0.266 e. The Balaban J connectivity index is 1.52. The molecular weight excluding hydrogens is 328 g/mol. The van der Waals surface area contributed by atoms with Crippen molar-refractivity contribution in [1.82, 2.24) is 15.1 Å². The monoisotopic (exact) mass is 352 g/mol. The normalized spacial score (nSPS) is 21.5. The highest BCUT2D eigenvalue weighted by molar-refractivity contribution is 5.83. The molecule has 1 saturated carbocycles. The molecule has 2 aliphatic rings. The van der Waals surface area contributed by atoms with Crippen molar-refractivity contribution in [2.45, 2.75) is 20.3 Å². The molecule has 2 fully saturated rings. The number of rotatable bonds is 3. The third kappa shape index (κ3) is 3.11. The zero-order valence-electron chi connectivity index (χ0n) is 15.2. The molecule has 2 aromatic rings. The highest BCUT2D eigenvalue weighted by atomic mass is 16.2. The molecule has 0 bridgehead atoms. The van der Waals surface area contributed by atoms with Gasteiger partial charge in [-0.3, -0.25) is 9.59 Å². The fraction of sp³-hybridized carbons (Fsp3) is 0.450. The van der Waals surface area contributed by atoms with Gasteiger partial charge in [-0.05, 0) is 11.8 Å². The van der Waals surface area contributed by atoms with Gasteiger partial charge in [0.05, 0.1) is 5.69 Å². The van der Waals surface area contributed by atoms with E-state index in [-0.39, 0.29) is 22.8 Å². The predicted molar refractivity (Wildman–Crippen MR) is 101 cm³/mol. The summed E-state index contributed by atoms with van der Waals surface area (Å²) in [5.74, 6) is 0.456. The summed E-state index contributed by atoms with van der Waals surface area (Å²) in [5, 5.41) is 6.82. The van der Waals surface area contributed by atoms with Crippen LogP contribution in [0.4, 0.5) is 5.69 Å². The van der Waals surface area contributed by atoms with Crippen molar-refractivity contribution in [3.63, 3.8) is 0 Å². The predicted octanol–water partition coefficient (Wildman–Crippen LogP) is 2.13. The summed E-state index contributed by atoms with van der Waals surface area (Å²) in [6.45, 7) is 7.10. The van der Waals surface area contributed by atoms with E-state index in [0.717, 1.165) is 23.4 Å². The van der Waals surface area contributed by atoms with Crippen molar-refractivity contribution < 1.29 is 4.79 Å². The van der Waals surface area contributed by atoms with E-state index in [1.807, 2.05) is 35.2 Å². The van der Waals surface area contributed by atoms with E-state index in [2.05, 4.69) is 28.9 Å². The molecule has 4 rings (SSSR count). The molecule has 1 amide bonds. The first kappa shape index (κ1) is 16.8. The van der Waals surface area contributed by atoms with Gasteiger partial charge in [0.25, 0.3) is 5.56 Å². The number of carbonyl (C=O) groups excluding carboxylic acids is 1. The van der Waals surface area contributed by atoms with E-state index in [4.69, 9.17) is 0 Å². The van der Waals surface area contributed by atoms with Crippen LogP contribution in [-0.4, -0.2) is 47.2 Å². The molecule has 1 aromatic heterocycles. The van der Waals surface area contributed by atoms with Gasteiger partial charge in [-0.25, -0.2) is 5.10 Å². The highest BCUT2D eigenvalue weighted by Crippen LogP contribution is 2.52. The number of piperazine rings is 1. The minimum atomic E-state index is -0.210. The van der Waals surface area contributed by atoms with Crippen molar-refractivity contribution in [2.75, 3.05) is 31.1 Å². The number of nitrogens with one attached hydrogen (secondary N) is 1. The lowest BCUT2D eigenvalue weighted by molar-refractivity contribution is -0.133. The number of anilines is 1. The van der Waals surface area contributed by atoms with Crippen LogP contribution in [0, 0.1) is 11.3 Å². The van der Waals surface area contributed by atoms with Crippen LogP contribution in [-0.2, 0) is 4.79 Å². The average molecular weight is 352 g/mol. The molecule has 0 spiro atoms. The van der Waals surface area contributed by atoms with E-state index in [0.29, 0.717) is 26.2 Å². The van der Waals surface area contributed by atoms with Crippen LogP contribution >= 0.6 is 0 Å². The molecule has 2 heterocycles. The van der Waals surface area contributed by atoms with E-state index in [9.17, 15) is 9.59 Å². The highest BCUT2D eigenvalue weighted by Gasteiger charge is 2.52. The zero-order chi connectivity index (χ0) is 18.3. The Labute approximate surface area is 152 Å². The maximum absolute atomic E-state index is 12.6. The van der Waals surface area contributed by atoms with Gasteiger partial charge in [0.2, 0.25) is 5.91 Å². The van der Waals surface area contributed by atoms with E-state index in [1.165, 1.54) is 0 Å². The van der Waals surface area contributed by atoms with E-state index >= 15 is 0 Å². The average Bonchev–Trinajstić information content (AvgIpc) is 3.30. The number of carbonyl (C=O) groups is 1. The second-order valence-electron chi connectivity index (χ2n) is 7.89. The molecule has 1 N–H and O–H groups in total. The lowest BCUT2D eigenvalue weighted by Gasteiger charge is -2.37. The minimum Gasteiger partial charge on any atom is -0.366 e. The Bertz CT molecular complexity index is 867. The van der Waals surface area contributed by atoms with Crippen molar-refractivity contribution >= 4 is 11.6 Å². The number of hydrogen-bond acceptors (Lipinski definition) is 4. The molecular formula is C20H24N4O2. The lowest BCUT2D eigenvalue weighted by atomic mass is 10.1. The first-order valence-corrected chi connectivity index (χ1v) is 9.14. The summed E-state index contributed by atoms with van der Waals surface area (Å²) in [6.07, 6.45) is 0.988. The number of nitrogens with zero attached hydrogens (tertiary/aromatic N) is 3. The number of hydrogen-bond donors (Lipinski definition) is 1. The van der Waals surface area contributed by atoms with Gasteiger partial charge in [-0.1, -0.05) is 44.2 Å². The van der Waals surface area contributed by atoms with Crippen molar-refractivity contribution in [2.24, 2.45) is 11.3 Å². The van der Waals surface area contributed by atoms with Crippen molar-refractivity contribution in [3.05, 3.63) is 46.8 Å². The molecule has 0 radical (unpaired) electrons. The number of amides is 1. The summed E-state index contributed by atoms with van der Waals surface area (Å²) in [4.78, 5) is 28.6. The number of aromatic amines is 1. The first-order valence-electron chi connectivity index (χ1n) is 9.14. The van der Waals surface area contributed by atoms with E-state index in [1.54, 1.807) is 6.07 Å². The van der Waals surface area contributed by atoms with Gasteiger partial charge in [-0.2, -0.15) is 5.10 Å².